The zero-order valence-electron chi connectivity index (χ0n) is 5.40. The SMILES string of the molecule is O=CC1(CF)CCCC1. The summed E-state index contributed by atoms with van der Waals surface area (Å²) in [5.41, 5.74) is -0.569. The highest BCUT2D eigenvalue weighted by atomic mass is 19.1. The standard InChI is InChI=1S/C7H11FO/c8-5-7(6-9)3-1-2-4-7/h6H,1-5H2. The van der Waals surface area contributed by atoms with Crippen LogP contribution in [0.3, 0.4) is 0 Å². The third-order valence-corrected chi connectivity index (χ3v) is 2.12. The van der Waals surface area contributed by atoms with Crippen LogP contribution in [0.5, 0.6) is 0 Å². The highest BCUT2D eigenvalue weighted by molar-refractivity contribution is 5.60. The molecule has 0 unspecified atom stereocenters. The first kappa shape index (κ1) is 6.72. The van der Waals surface area contributed by atoms with E-state index in [2.05, 4.69) is 0 Å². The van der Waals surface area contributed by atoms with Crippen LogP contribution in [0.15, 0.2) is 0 Å². The molecule has 0 bridgehead atoms. The Balaban J connectivity index is 2.55. The van der Waals surface area contributed by atoms with E-state index in [9.17, 15) is 9.18 Å². The minimum atomic E-state index is -0.569. The first-order chi connectivity index (χ1) is 4.33. The number of hydrogen-bond donors (Lipinski definition) is 0. The van der Waals surface area contributed by atoms with Gasteiger partial charge in [0.05, 0.1) is 5.41 Å². The number of aldehydes is 1. The lowest BCUT2D eigenvalue weighted by Crippen LogP contribution is -2.20. The molecule has 1 nitrogen and oxygen atoms in total. The maximum absolute atomic E-state index is 12.1. The smallest absolute Gasteiger partial charge is 0.128 e. The van der Waals surface area contributed by atoms with Crippen molar-refractivity contribution in [2.75, 3.05) is 6.67 Å². The average molecular weight is 130 g/mol. The average Bonchev–Trinajstić information content (AvgIpc) is 2.36. The van der Waals surface area contributed by atoms with E-state index in [1.807, 2.05) is 0 Å². The summed E-state index contributed by atoms with van der Waals surface area (Å²) in [5, 5.41) is 0. The first-order valence-corrected chi connectivity index (χ1v) is 3.35. The Morgan fingerprint density at radius 1 is 1.44 bits per heavy atom. The van der Waals surface area contributed by atoms with Crippen LogP contribution in [0.4, 0.5) is 4.39 Å². The van der Waals surface area contributed by atoms with E-state index in [-0.39, 0.29) is 0 Å². The van der Waals surface area contributed by atoms with Gasteiger partial charge in [-0.25, -0.2) is 0 Å². The molecule has 1 rings (SSSR count). The fourth-order valence-corrected chi connectivity index (χ4v) is 1.36. The van der Waals surface area contributed by atoms with Crippen molar-refractivity contribution < 1.29 is 9.18 Å². The van der Waals surface area contributed by atoms with Gasteiger partial charge in [0.1, 0.15) is 13.0 Å². The van der Waals surface area contributed by atoms with Crippen molar-refractivity contribution in [3.8, 4) is 0 Å². The zero-order chi connectivity index (χ0) is 6.74. The van der Waals surface area contributed by atoms with Gasteiger partial charge in [-0.15, -0.1) is 0 Å². The maximum atomic E-state index is 12.1. The van der Waals surface area contributed by atoms with E-state index in [0.717, 1.165) is 32.0 Å². The molecule has 0 amide bonds. The lowest BCUT2D eigenvalue weighted by atomic mass is 9.90. The Morgan fingerprint density at radius 3 is 2.22 bits per heavy atom. The normalized spacial score (nSPS) is 24.1. The molecule has 0 aliphatic heterocycles. The van der Waals surface area contributed by atoms with Gasteiger partial charge in [0, 0.05) is 0 Å². The third-order valence-electron chi connectivity index (χ3n) is 2.12. The third kappa shape index (κ3) is 1.12. The van der Waals surface area contributed by atoms with Gasteiger partial charge in [0.15, 0.2) is 0 Å². The fraction of sp³-hybridized carbons (Fsp3) is 0.857. The monoisotopic (exact) mass is 130 g/mol. The predicted octanol–water partition coefficient (Wildman–Crippen LogP) is 1.72. The molecule has 2 heteroatoms. The summed E-state index contributed by atoms with van der Waals surface area (Å²) in [6, 6.07) is 0. The molecule has 0 aromatic rings. The lowest BCUT2D eigenvalue weighted by molar-refractivity contribution is -0.116. The maximum Gasteiger partial charge on any atom is 0.128 e. The Labute approximate surface area is 54.3 Å². The van der Waals surface area contributed by atoms with Crippen molar-refractivity contribution in [1.29, 1.82) is 0 Å². The molecule has 0 N–H and O–H groups in total. The number of halogens is 1. The molecule has 0 radical (unpaired) electrons. The van der Waals surface area contributed by atoms with E-state index >= 15 is 0 Å². The summed E-state index contributed by atoms with van der Waals surface area (Å²) in [7, 11) is 0. The molecule has 0 aromatic carbocycles. The molecule has 1 aliphatic carbocycles. The summed E-state index contributed by atoms with van der Waals surface area (Å²) in [6.07, 6.45) is 4.34. The van der Waals surface area contributed by atoms with Gasteiger partial charge in [-0.2, -0.15) is 0 Å². The minimum Gasteiger partial charge on any atom is -0.303 e. The fourth-order valence-electron chi connectivity index (χ4n) is 1.36. The molecule has 52 valence electrons. The number of alkyl halides is 1. The first-order valence-electron chi connectivity index (χ1n) is 3.35. The molecule has 0 aromatic heterocycles. The van der Waals surface area contributed by atoms with E-state index < -0.39 is 12.1 Å². The van der Waals surface area contributed by atoms with Crippen LogP contribution in [0.25, 0.3) is 0 Å². The van der Waals surface area contributed by atoms with Crippen LogP contribution in [0, 0.1) is 5.41 Å². The Hall–Kier alpha value is -0.400. The number of rotatable bonds is 2. The van der Waals surface area contributed by atoms with Crippen LogP contribution < -0.4 is 0 Å². The largest absolute Gasteiger partial charge is 0.303 e. The van der Waals surface area contributed by atoms with Gasteiger partial charge in [-0.1, -0.05) is 12.8 Å². The van der Waals surface area contributed by atoms with Crippen molar-refractivity contribution in [2.24, 2.45) is 5.41 Å². The summed E-state index contributed by atoms with van der Waals surface area (Å²) >= 11 is 0. The summed E-state index contributed by atoms with van der Waals surface area (Å²) < 4.78 is 12.1. The van der Waals surface area contributed by atoms with Crippen LogP contribution >= 0.6 is 0 Å². The molecule has 0 heterocycles. The second-order valence-electron chi connectivity index (χ2n) is 2.82. The van der Waals surface area contributed by atoms with Crippen LogP contribution in [0.1, 0.15) is 25.7 Å². The van der Waals surface area contributed by atoms with Crippen LogP contribution in [-0.4, -0.2) is 13.0 Å². The van der Waals surface area contributed by atoms with E-state index in [4.69, 9.17) is 0 Å². The second-order valence-corrected chi connectivity index (χ2v) is 2.82. The summed E-state index contributed by atoms with van der Waals surface area (Å²) in [4.78, 5) is 10.3. The zero-order valence-corrected chi connectivity index (χ0v) is 5.40. The molecule has 0 atom stereocenters. The summed E-state index contributed by atoms with van der Waals surface area (Å²) in [5.74, 6) is 0. The number of hydrogen-bond acceptors (Lipinski definition) is 1. The molecule has 0 saturated heterocycles. The van der Waals surface area contributed by atoms with Crippen molar-refractivity contribution in [1.82, 2.24) is 0 Å². The van der Waals surface area contributed by atoms with Crippen molar-refractivity contribution in [2.45, 2.75) is 25.7 Å². The van der Waals surface area contributed by atoms with E-state index in [1.54, 1.807) is 0 Å². The van der Waals surface area contributed by atoms with Gasteiger partial charge in [-0.05, 0) is 12.8 Å². The molecular formula is C7H11FO. The van der Waals surface area contributed by atoms with Gasteiger partial charge >= 0.3 is 0 Å². The molecule has 9 heavy (non-hydrogen) atoms. The molecular weight excluding hydrogens is 119 g/mol. The van der Waals surface area contributed by atoms with Crippen LogP contribution in [-0.2, 0) is 4.79 Å². The van der Waals surface area contributed by atoms with Crippen molar-refractivity contribution in [3.63, 3.8) is 0 Å². The highest BCUT2D eigenvalue weighted by Gasteiger charge is 2.33. The lowest BCUT2D eigenvalue weighted by Gasteiger charge is -2.15. The van der Waals surface area contributed by atoms with E-state index in [1.165, 1.54) is 0 Å². The van der Waals surface area contributed by atoms with Crippen LogP contribution in [0.2, 0.25) is 0 Å². The highest BCUT2D eigenvalue weighted by Crippen LogP contribution is 2.36. The minimum absolute atomic E-state index is 0.462. The topological polar surface area (TPSA) is 17.1 Å². The van der Waals surface area contributed by atoms with E-state index in [0.29, 0.717) is 0 Å². The number of carbonyl (C=O) groups excluding carboxylic acids is 1. The Kier molecular flexibility index (Phi) is 1.84. The molecule has 1 aliphatic rings. The summed E-state index contributed by atoms with van der Waals surface area (Å²) in [6.45, 7) is -0.462. The molecule has 1 fully saturated rings. The molecule has 1 saturated carbocycles. The predicted molar refractivity (Wildman–Crippen MR) is 32.9 cm³/mol. The Morgan fingerprint density at radius 2 is 2.00 bits per heavy atom. The second kappa shape index (κ2) is 2.46. The van der Waals surface area contributed by atoms with Crippen molar-refractivity contribution >= 4 is 6.29 Å². The quantitative estimate of drug-likeness (QED) is 0.520. The Bertz CT molecular complexity index is 105. The molecule has 0 spiro atoms. The number of carbonyl (C=O) groups is 1. The van der Waals surface area contributed by atoms with Crippen molar-refractivity contribution in [3.05, 3.63) is 0 Å². The van der Waals surface area contributed by atoms with Gasteiger partial charge in [0.25, 0.3) is 0 Å². The van der Waals surface area contributed by atoms with Gasteiger partial charge in [0.2, 0.25) is 0 Å². The van der Waals surface area contributed by atoms with Gasteiger partial charge in [-0.3, -0.25) is 4.39 Å². The van der Waals surface area contributed by atoms with Gasteiger partial charge < -0.3 is 4.79 Å².